The molecule has 0 radical (unpaired) electrons. The highest BCUT2D eigenvalue weighted by Crippen LogP contribution is 2.34. The number of likely N-dealkylation sites (tertiary alicyclic amines) is 1. The minimum absolute atomic E-state index is 0.0658. The van der Waals surface area contributed by atoms with Gasteiger partial charge in [0.1, 0.15) is 12.2 Å². The van der Waals surface area contributed by atoms with Crippen LogP contribution in [0.2, 0.25) is 0 Å². The van der Waals surface area contributed by atoms with Crippen molar-refractivity contribution >= 4 is 29.3 Å². The van der Waals surface area contributed by atoms with Crippen molar-refractivity contribution in [3.05, 3.63) is 42.1 Å². The Hall–Kier alpha value is -3.67. The van der Waals surface area contributed by atoms with E-state index in [2.05, 4.69) is 25.5 Å². The van der Waals surface area contributed by atoms with Gasteiger partial charge in [0, 0.05) is 37.1 Å². The molecular weight excluding hydrogens is 382 g/mol. The van der Waals surface area contributed by atoms with Crippen LogP contribution < -0.4 is 15.5 Å². The lowest BCUT2D eigenvalue weighted by Crippen LogP contribution is -2.49. The first kappa shape index (κ1) is 19.6. The van der Waals surface area contributed by atoms with E-state index in [1.54, 1.807) is 18.3 Å². The third-order valence-corrected chi connectivity index (χ3v) is 5.47. The van der Waals surface area contributed by atoms with Crippen LogP contribution in [-0.4, -0.2) is 58.4 Å². The van der Waals surface area contributed by atoms with Gasteiger partial charge >= 0.3 is 0 Å². The third kappa shape index (κ3) is 3.89. The van der Waals surface area contributed by atoms with E-state index in [1.807, 2.05) is 36.1 Å². The van der Waals surface area contributed by atoms with Gasteiger partial charge in [0.05, 0.1) is 18.2 Å². The smallest absolute Gasteiger partial charge is 0.251 e. The molecule has 0 spiro atoms. The van der Waals surface area contributed by atoms with E-state index in [9.17, 15) is 9.59 Å². The molecule has 0 saturated carbocycles. The molecule has 2 amide bonds. The number of amides is 2. The van der Waals surface area contributed by atoms with Crippen LogP contribution in [0.25, 0.3) is 0 Å². The van der Waals surface area contributed by atoms with E-state index in [0.29, 0.717) is 31.1 Å². The third-order valence-electron chi connectivity index (χ3n) is 5.47. The number of nitrogens with zero attached hydrogens (tertiary/aromatic N) is 5. The van der Waals surface area contributed by atoms with Crippen molar-refractivity contribution in [1.82, 2.24) is 20.2 Å². The summed E-state index contributed by atoms with van der Waals surface area (Å²) in [5.41, 5.74) is 1.39. The van der Waals surface area contributed by atoms with Crippen molar-refractivity contribution in [2.45, 2.75) is 31.8 Å². The van der Waals surface area contributed by atoms with Gasteiger partial charge < -0.3 is 20.4 Å². The number of hydrogen-bond acceptors (Lipinski definition) is 7. The Bertz CT molecular complexity index is 986. The Morgan fingerprint density at radius 2 is 2.00 bits per heavy atom. The maximum Gasteiger partial charge on any atom is 0.251 e. The summed E-state index contributed by atoms with van der Waals surface area (Å²) in [4.78, 5) is 36.9. The van der Waals surface area contributed by atoms with Crippen molar-refractivity contribution in [1.29, 1.82) is 5.26 Å². The first-order valence-corrected chi connectivity index (χ1v) is 10.0. The maximum absolute atomic E-state index is 12.1. The lowest BCUT2D eigenvalue weighted by Gasteiger charge is -2.34. The number of hydrogen-bond donors (Lipinski definition) is 2. The molecule has 154 valence electrons. The zero-order valence-corrected chi connectivity index (χ0v) is 16.7. The van der Waals surface area contributed by atoms with Gasteiger partial charge in [-0.15, -0.1) is 0 Å². The SMILES string of the molecule is CCNC(=O)c1ccc(Nc2nccc(N3C[C@H]4C[C@@H]3CN4C(=O)CC#N)n2)cc1. The molecule has 2 atom stereocenters. The molecule has 9 nitrogen and oxygen atoms in total. The molecule has 2 aliphatic rings. The molecule has 2 N–H and O–H groups in total. The summed E-state index contributed by atoms with van der Waals surface area (Å²) >= 11 is 0. The summed E-state index contributed by atoms with van der Waals surface area (Å²) in [6.07, 6.45) is 2.53. The summed E-state index contributed by atoms with van der Waals surface area (Å²) in [6.45, 7) is 3.80. The summed E-state index contributed by atoms with van der Waals surface area (Å²) in [5.74, 6) is 1.09. The molecule has 1 aromatic heterocycles. The fraction of sp³-hybridized carbons (Fsp3) is 0.381. The monoisotopic (exact) mass is 405 g/mol. The van der Waals surface area contributed by atoms with Gasteiger partial charge in [-0.2, -0.15) is 10.2 Å². The second kappa shape index (κ2) is 8.37. The first-order chi connectivity index (χ1) is 14.6. The average Bonchev–Trinajstić information content (AvgIpc) is 3.36. The molecule has 2 aliphatic heterocycles. The highest BCUT2D eigenvalue weighted by molar-refractivity contribution is 5.94. The number of rotatable bonds is 6. The predicted molar refractivity (Wildman–Crippen MR) is 111 cm³/mol. The van der Waals surface area contributed by atoms with E-state index in [0.717, 1.165) is 17.9 Å². The quantitative estimate of drug-likeness (QED) is 0.751. The van der Waals surface area contributed by atoms with E-state index in [4.69, 9.17) is 5.26 Å². The van der Waals surface area contributed by atoms with Crippen molar-refractivity contribution in [3.8, 4) is 6.07 Å². The summed E-state index contributed by atoms with van der Waals surface area (Å²) < 4.78 is 0. The fourth-order valence-electron chi connectivity index (χ4n) is 4.09. The van der Waals surface area contributed by atoms with Crippen molar-refractivity contribution < 1.29 is 9.59 Å². The zero-order valence-electron chi connectivity index (χ0n) is 16.7. The second-order valence-corrected chi connectivity index (χ2v) is 7.38. The molecule has 0 unspecified atom stereocenters. The molecular formula is C21H23N7O2. The number of anilines is 3. The van der Waals surface area contributed by atoms with E-state index in [1.165, 1.54) is 0 Å². The van der Waals surface area contributed by atoms with Crippen molar-refractivity contribution in [2.24, 2.45) is 0 Å². The maximum atomic E-state index is 12.1. The fourth-order valence-corrected chi connectivity index (χ4v) is 4.09. The van der Waals surface area contributed by atoms with E-state index in [-0.39, 0.29) is 30.3 Å². The Morgan fingerprint density at radius 3 is 2.67 bits per heavy atom. The van der Waals surface area contributed by atoms with Crippen molar-refractivity contribution in [3.63, 3.8) is 0 Å². The highest BCUT2D eigenvalue weighted by atomic mass is 16.2. The van der Waals surface area contributed by atoms with Crippen LogP contribution in [0.4, 0.5) is 17.5 Å². The lowest BCUT2D eigenvalue weighted by atomic mass is 10.2. The molecule has 2 fully saturated rings. The molecule has 9 heteroatoms. The number of nitrogens with one attached hydrogen (secondary N) is 2. The van der Waals surface area contributed by atoms with Crippen LogP contribution in [0.5, 0.6) is 0 Å². The number of piperazine rings is 1. The van der Waals surface area contributed by atoms with Crippen LogP contribution in [0.3, 0.4) is 0 Å². The molecule has 2 saturated heterocycles. The number of carbonyl (C=O) groups excluding carboxylic acids is 2. The Balaban J connectivity index is 1.42. The van der Waals surface area contributed by atoms with E-state index >= 15 is 0 Å². The minimum atomic E-state index is -0.103. The molecule has 3 heterocycles. The highest BCUT2D eigenvalue weighted by Gasteiger charge is 2.45. The molecule has 4 rings (SSSR count). The van der Waals surface area contributed by atoms with Gasteiger partial charge in [-0.05, 0) is 43.7 Å². The van der Waals surface area contributed by atoms with Gasteiger partial charge in [0.2, 0.25) is 11.9 Å². The molecule has 2 aromatic rings. The van der Waals surface area contributed by atoms with Gasteiger partial charge in [0.15, 0.2) is 0 Å². The van der Waals surface area contributed by atoms with Crippen LogP contribution in [0.15, 0.2) is 36.5 Å². The number of aromatic nitrogens is 2. The van der Waals surface area contributed by atoms with Gasteiger partial charge in [-0.3, -0.25) is 9.59 Å². The number of benzene rings is 1. The number of carbonyl (C=O) groups is 2. The number of fused-ring (bicyclic) bond motifs is 2. The second-order valence-electron chi connectivity index (χ2n) is 7.38. The Morgan fingerprint density at radius 1 is 1.20 bits per heavy atom. The van der Waals surface area contributed by atoms with Crippen LogP contribution >= 0.6 is 0 Å². The first-order valence-electron chi connectivity index (χ1n) is 10.0. The zero-order chi connectivity index (χ0) is 21.1. The normalized spacial score (nSPS) is 19.5. The van der Waals surface area contributed by atoms with Crippen LogP contribution in [0, 0.1) is 11.3 Å². The largest absolute Gasteiger partial charge is 0.352 e. The minimum Gasteiger partial charge on any atom is -0.352 e. The number of nitriles is 1. The molecule has 0 aliphatic carbocycles. The van der Waals surface area contributed by atoms with Crippen molar-refractivity contribution in [2.75, 3.05) is 29.9 Å². The standard InChI is InChI=1S/C21H23N7O2/c1-2-23-20(30)14-3-5-15(6-4-14)25-21-24-10-8-18(26-21)27-12-17-11-16(27)13-28(17)19(29)7-9-22/h3-6,8,10,16-17H,2,7,11-13H2,1H3,(H,23,30)(H,24,25,26)/t16-,17-/m1/s1. The molecule has 2 bridgehead atoms. The van der Waals surface area contributed by atoms with Gasteiger partial charge in [-0.1, -0.05) is 0 Å². The predicted octanol–water partition coefficient (Wildman–Crippen LogP) is 1.67. The lowest BCUT2D eigenvalue weighted by molar-refractivity contribution is -0.131. The summed E-state index contributed by atoms with van der Waals surface area (Å²) in [5, 5.41) is 14.7. The van der Waals surface area contributed by atoms with Crippen LogP contribution in [0.1, 0.15) is 30.1 Å². The van der Waals surface area contributed by atoms with Gasteiger partial charge in [0.25, 0.3) is 5.91 Å². The molecule has 30 heavy (non-hydrogen) atoms. The Labute approximate surface area is 174 Å². The topological polar surface area (TPSA) is 114 Å². The Kier molecular flexibility index (Phi) is 5.48. The average molecular weight is 405 g/mol. The summed E-state index contributed by atoms with van der Waals surface area (Å²) in [6, 6.07) is 11.3. The summed E-state index contributed by atoms with van der Waals surface area (Å²) in [7, 11) is 0. The van der Waals surface area contributed by atoms with Crippen LogP contribution in [-0.2, 0) is 4.79 Å². The van der Waals surface area contributed by atoms with E-state index < -0.39 is 0 Å². The molecule has 1 aromatic carbocycles. The van der Waals surface area contributed by atoms with Gasteiger partial charge in [-0.25, -0.2) is 4.98 Å².